The van der Waals surface area contributed by atoms with Gasteiger partial charge in [-0.3, -0.25) is 0 Å². The van der Waals surface area contributed by atoms with E-state index in [-0.39, 0.29) is 6.04 Å². The van der Waals surface area contributed by atoms with Crippen LogP contribution in [-0.2, 0) is 6.54 Å². The minimum absolute atomic E-state index is 0.160. The van der Waals surface area contributed by atoms with E-state index in [4.69, 9.17) is 23.2 Å². The lowest BCUT2D eigenvalue weighted by Crippen LogP contribution is -2.18. The Hall–Kier alpha value is -0.540. The summed E-state index contributed by atoms with van der Waals surface area (Å²) in [6.07, 6.45) is 0. The Kier molecular flexibility index (Phi) is 5.50. The Morgan fingerprint density at radius 2 is 1.90 bits per heavy atom. The van der Waals surface area contributed by atoms with E-state index in [1.807, 2.05) is 12.1 Å². The van der Waals surface area contributed by atoms with Crippen LogP contribution in [0.5, 0.6) is 0 Å². The average molecular weight is 373 g/mol. The maximum absolute atomic E-state index is 6.22. The van der Waals surface area contributed by atoms with Crippen molar-refractivity contribution in [2.24, 2.45) is 0 Å². The van der Waals surface area contributed by atoms with E-state index in [1.165, 1.54) is 11.1 Å². The summed E-state index contributed by atoms with van der Waals surface area (Å²) in [7, 11) is 0. The van der Waals surface area contributed by atoms with Gasteiger partial charge in [-0.2, -0.15) is 0 Å². The van der Waals surface area contributed by atoms with Crippen LogP contribution in [-0.4, -0.2) is 0 Å². The van der Waals surface area contributed by atoms with Crippen molar-refractivity contribution in [1.82, 2.24) is 5.32 Å². The maximum Gasteiger partial charge on any atom is 0.0468 e. The molecule has 106 valence electrons. The first-order valence-corrected chi connectivity index (χ1v) is 7.95. The lowest BCUT2D eigenvalue weighted by atomic mass is 10.1. The van der Waals surface area contributed by atoms with E-state index in [9.17, 15) is 0 Å². The van der Waals surface area contributed by atoms with Gasteiger partial charge in [-0.25, -0.2) is 0 Å². The molecule has 0 amide bonds. The first kappa shape index (κ1) is 15.8. The zero-order chi connectivity index (χ0) is 14.7. The van der Waals surface area contributed by atoms with Gasteiger partial charge in [0.05, 0.1) is 0 Å². The van der Waals surface area contributed by atoms with Gasteiger partial charge in [0.1, 0.15) is 0 Å². The highest BCUT2D eigenvalue weighted by Gasteiger charge is 2.10. The fourth-order valence-electron chi connectivity index (χ4n) is 2.02. The highest BCUT2D eigenvalue weighted by molar-refractivity contribution is 9.10. The Balaban J connectivity index is 2.06. The van der Waals surface area contributed by atoms with Gasteiger partial charge in [-0.15, -0.1) is 0 Å². The number of halogens is 3. The van der Waals surface area contributed by atoms with Crippen molar-refractivity contribution in [1.29, 1.82) is 0 Å². The third kappa shape index (κ3) is 3.98. The molecule has 0 saturated carbocycles. The minimum Gasteiger partial charge on any atom is -0.306 e. The molecule has 0 spiro atoms. The second kappa shape index (κ2) is 6.95. The summed E-state index contributed by atoms with van der Waals surface area (Å²) in [6, 6.07) is 12.1. The topological polar surface area (TPSA) is 12.0 Å². The monoisotopic (exact) mass is 371 g/mol. The van der Waals surface area contributed by atoms with Crippen LogP contribution in [0.2, 0.25) is 10.0 Å². The zero-order valence-corrected chi connectivity index (χ0v) is 14.5. The Morgan fingerprint density at radius 3 is 2.55 bits per heavy atom. The number of hydrogen-bond donors (Lipinski definition) is 1. The molecule has 0 saturated heterocycles. The van der Waals surface area contributed by atoms with Crippen LogP contribution >= 0.6 is 39.1 Å². The second-order valence-corrected chi connectivity index (χ2v) is 6.56. The van der Waals surface area contributed by atoms with Gasteiger partial charge in [0.2, 0.25) is 0 Å². The van der Waals surface area contributed by atoms with Crippen molar-refractivity contribution in [3.8, 4) is 0 Å². The van der Waals surface area contributed by atoms with Gasteiger partial charge in [0, 0.05) is 27.1 Å². The first-order valence-electron chi connectivity index (χ1n) is 6.40. The third-order valence-corrected chi connectivity index (χ3v) is 4.54. The van der Waals surface area contributed by atoms with E-state index in [1.54, 1.807) is 6.07 Å². The van der Waals surface area contributed by atoms with Crippen LogP contribution < -0.4 is 5.32 Å². The SMILES string of the molecule is Cc1ccc(CNC(C)c2ccc(Cl)cc2Cl)c(Br)c1. The molecule has 2 aromatic carbocycles. The van der Waals surface area contributed by atoms with Crippen molar-refractivity contribution in [2.75, 3.05) is 0 Å². The quantitative estimate of drug-likeness (QED) is 0.702. The molecule has 2 rings (SSSR count). The Labute approximate surface area is 138 Å². The molecule has 0 heterocycles. The van der Waals surface area contributed by atoms with Crippen LogP contribution in [0.1, 0.15) is 29.7 Å². The number of benzene rings is 2. The summed E-state index contributed by atoms with van der Waals surface area (Å²) in [4.78, 5) is 0. The molecular formula is C16H16BrCl2N. The molecule has 0 aromatic heterocycles. The van der Waals surface area contributed by atoms with Gasteiger partial charge >= 0.3 is 0 Å². The summed E-state index contributed by atoms with van der Waals surface area (Å²) < 4.78 is 1.12. The molecule has 20 heavy (non-hydrogen) atoms. The van der Waals surface area contributed by atoms with E-state index < -0.39 is 0 Å². The van der Waals surface area contributed by atoms with Crippen LogP contribution in [0.3, 0.4) is 0 Å². The highest BCUT2D eigenvalue weighted by atomic mass is 79.9. The molecule has 0 aliphatic rings. The van der Waals surface area contributed by atoms with Crippen LogP contribution in [0, 0.1) is 6.92 Å². The van der Waals surface area contributed by atoms with Crippen molar-refractivity contribution >= 4 is 39.1 Å². The van der Waals surface area contributed by atoms with E-state index in [0.717, 1.165) is 16.6 Å². The Bertz CT molecular complexity index is 613. The molecular weight excluding hydrogens is 357 g/mol. The summed E-state index contributed by atoms with van der Waals surface area (Å²) in [5.74, 6) is 0. The molecule has 4 heteroatoms. The fraction of sp³-hybridized carbons (Fsp3) is 0.250. The van der Waals surface area contributed by atoms with Crippen LogP contribution in [0.25, 0.3) is 0 Å². The van der Waals surface area contributed by atoms with E-state index in [2.05, 4.69) is 53.3 Å². The van der Waals surface area contributed by atoms with Gasteiger partial charge < -0.3 is 5.32 Å². The molecule has 1 N–H and O–H groups in total. The molecule has 0 radical (unpaired) electrons. The molecule has 0 aliphatic heterocycles. The minimum atomic E-state index is 0.160. The lowest BCUT2D eigenvalue weighted by Gasteiger charge is -2.16. The van der Waals surface area contributed by atoms with Crippen molar-refractivity contribution < 1.29 is 0 Å². The molecule has 1 nitrogen and oxygen atoms in total. The maximum atomic E-state index is 6.22. The summed E-state index contributed by atoms with van der Waals surface area (Å²) >= 11 is 15.7. The van der Waals surface area contributed by atoms with Crippen molar-refractivity contribution in [2.45, 2.75) is 26.4 Å². The predicted molar refractivity (Wildman–Crippen MR) is 90.6 cm³/mol. The number of aryl methyl sites for hydroxylation is 1. The molecule has 0 fully saturated rings. The smallest absolute Gasteiger partial charge is 0.0468 e. The van der Waals surface area contributed by atoms with Gasteiger partial charge in [-0.1, -0.05) is 57.3 Å². The summed E-state index contributed by atoms with van der Waals surface area (Å²) in [5, 5.41) is 4.83. The molecule has 1 unspecified atom stereocenters. The first-order chi connectivity index (χ1) is 9.47. The van der Waals surface area contributed by atoms with Crippen LogP contribution in [0.15, 0.2) is 40.9 Å². The molecule has 0 aliphatic carbocycles. The van der Waals surface area contributed by atoms with Gasteiger partial charge in [0.25, 0.3) is 0 Å². The number of hydrogen-bond acceptors (Lipinski definition) is 1. The van der Waals surface area contributed by atoms with Gasteiger partial charge in [0.15, 0.2) is 0 Å². The highest BCUT2D eigenvalue weighted by Crippen LogP contribution is 2.27. The summed E-state index contributed by atoms with van der Waals surface area (Å²) in [5.41, 5.74) is 3.53. The number of nitrogens with one attached hydrogen (secondary N) is 1. The third-order valence-electron chi connectivity index (χ3n) is 3.24. The standard InChI is InChI=1S/C16H16BrCl2N/c1-10-3-4-12(15(17)7-10)9-20-11(2)14-6-5-13(18)8-16(14)19/h3-8,11,20H,9H2,1-2H3. The molecule has 2 aromatic rings. The van der Waals surface area contributed by atoms with E-state index >= 15 is 0 Å². The predicted octanol–water partition coefficient (Wildman–Crippen LogP) is 5.92. The number of rotatable bonds is 4. The van der Waals surface area contributed by atoms with E-state index in [0.29, 0.717) is 10.0 Å². The Morgan fingerprint density at radius 1 is 1.15 bits per heavy atom. The lowest BCUT2D eigenvalue weighted by molar-refractivity contribution is 0.574. The fourth-order valence-corrected chi connectivity index (χ4v) is 3.23. The summed E-state index contributed by atoms with van der Waals surface area (Å²) in [6.45, 7) is 4.95. The van der Waals surface area contributed by atoms with Crippen molar-refractivity contribution in [3.63, 3.8) is 0 Å². The largest absolute Gasteiger partial charge is 0.306 e. The average Bonchev–Trinajstić information content (AvgIpc) is 2.37. The normalized spacial score (nSPS) is 12.4. The molecule has 1 atom stereocenters. The second-order valence-electron chi connectivity index (χ2n) is 4.86. The zero-order valence-electron chi connectivity index (χ0n) is 11.4. The van der Waals surface area contributed by atoms with Gasteiger partial charge in [-0.05, 0) is 48.7 Å². The molecule has 0 bridgehead atoms. The van der Waals surface area contributed by atoms with Crippen LogP contribution in [0.4, 0.5) is 0 Å². The van der Waals surface area contributed by atoms with Crippen molar-refractivity contribution in [3.05, 3.63) is 67.6 Å².